The van der Waals surface area contributed by atoms with E-state index in [1.165, 1.54) is 5.39 Å². The summed E-state index contributed by atoms with van der Waals surface area (Å²) in [6, 6.07) is 8.21. The summed E-state index contributed by atoms with van der Waals surface area (Å²) in [7, 11) is 0. The minimum absolute atomic E-state index is 0.0428. The molecule has 1 aromatic heterocycles. The zero-order chi connectivity index (χ0) is 14.7. The fraction of sp³-hybridized carbons (Fsp3) is 0.471. The maximum absolute atomic E-state index is 12.5. The summed E-state index contributed by atoms with van der Waals surface area (Å²) in [6.07, 6.45) is 1.01. The topological polar surface area (TPSA) is 34.0 Å². The quantitative estimate of drug-likeness (QED) is 0.883. The molecule has 2 aromatic rings. The molecule has 3 heteroatoms. The zero-order valence-electron chi connectivity index (χ0n) is 12.9. The van der Waals surface area contributed by atoms with E-state index in [-0.39, 0.29) is 5.91 Å². The van der Waals surface area contributed by atoms with E-state index in [2.05, 4.69) is 42.8 Å². The average molecular weight is 272 g/mol. The number of amides is 1. The molecule has 0 fully saturated rings. The highest BCUT2D eigenvalue weighted by atomic mass is 16.1. The van der Waals surface area contributed by atoms with E-state index >= 15 is 0 Å². The Bertz CT molecular complexity index is 611. The summed E-state index contributed by atoms with van der Waals surface area (Å²) in [4.78, 5) is 12.5. The van der Waals surface area contributed by atoms with Crippen LogP contribution in [0.5, 0.6) is 0 Å². The molecule has 0 saturated carbocycles. The van der Waals surface area contributed by atoms with Gasteiger partial charge in [0.15, 0.2) is 0 Å². The summed E-state index contributed by atoms with van der Waals surface area (Å²) in [5.74, 6) is 0.648. The Morgan fingerprint density at radius 1 is 1.30 bits per heavy atom. The molecule has 0 aliphatic carbocycles. The van der Waals surface area contributed by atoms with Gasteiger partial charge in [-0.25, -0.2) is 0 Å². The predicted octanol–water partition coefficient (Wildman–Crippen LogP) is 3.75. The van der Waals surface area contributed by atoms with Crippen LogP contribution in [0.2, 0.25) is 0 Å². The maximum atomic E-state index is 12.5. The number of rotatable bonds is 5. The molecule has 0 spiro atoms. The number of carbonyl (C=O) groups excluding carboxylic acids is 1. The summed E-state index contributed by atoms with van der Waals surface area (Å²) < 4.78 is 2.11. The first-order valence-electron chi connectivity index (χ1n) is 7.42. The van der Waals surface area contributed by atoms with Gasteiger partial charge in [0.1, 0.15) is 5.69 Å². The zero-order valence-corrected chi connectivity index (χ0v) is 12.9. The Balaban J connectivity index is 2.33. The second kappa shape index (κ2) is 6.12. The molecule has 1 N–H and O–H groups in total. The van der Waals surface area contributed by atoms with Crippen molar-refractivity contribution in [2.45, 2.75) is 40.7 Å². The number of benzene rings is 1. The molecule has 0 aliphatic rings. The Labute approximate surface area is 121 Å². The first-order valence-corrected chi connectivity index (χ1v) is 7.42. The highest BCUT2D eigenvalue weighted by Crippen LogP contribution is 2.25. The normalized spacial score (nSPS) is 11.2. The molecule has 3 nitrogen and oxygen atoms in total. The molecule has 0 bridgehead atoms. The van der Waals surface area contributed by atoms with Crippen LogP contribution in [0.15, 0.2) is 24.3 Å². The molecular weight excluding hydrogens is 248 g/mol. The number of carbonyl (C=O) groups is 1. The third kappa shape index (κ3) is 2.72. The van der Waals surface area contributed by atoms with Crippen LogP contribution in [0, 0.1) is 12.8 Å². The van der Waals surface area contributed by atoms with Crippen molar-refractivity contribution >= 4 is 16.8 Å². The molecule has 0 saturated heterocycles. The average Bonchev–Trinajstić information content (AvgIpc) is 2.71. The van der Waals surface area contributed by atoms with Gasteiger partial charge >= 0.3 is 0 Å². The van der Waals surface area contributed by atoms with Crippen LogP contribution in [0.4, 0.5) is 0 Å². The van der Waals surface area contributed by atoms with Gasteiger partial charge in [-0.2, -0.15) is 0 Å². The minimum atomic E-state index is 0.0428. The fourth-order valence-electron chi connectivity index (χ4n) is 2.66. The number of aromatic nitrogens is 1. The largest absolute Gasteiger partial charge is 0.351 e. The van der Waals surface area contributed by atoms with E-state index in [4.69, 9.17) is 0 Å². The fourth-order valence-corrected chi connectivity index (χ4v) is 2.66. The smallest absolute Gasteiger partial charge is 0.268 e. The van der Waals surface area contributed by atoms with Crippen LogP contribution in [0.25, 0.3) is 10.9 Å². The van der Waals surface area contributed by atoms with Gasteiger partial charge in [0.05, 0.1) is 0 Å². The Morgan fingerprint density at radius 2 is 2.00 bits per heavy atom. The molecule has 1 amide bonds. The van der Waals surface area contributed by atoms with Crippen LogP contribution in [0.1, 0.15) is 43.2 Å². The minimum Gasteiger partial charge on any atom is -0.351 e. The molecule has 20 heavy (non-hydrogen) atoms. The first kappa shape index (κ1) is 14.6. The van der Waals surface area contributed by atoms with Gasteiger partial charge < -0.3 is 9.88 Å². The van der Waals surface area contributed by atoms with E-state index in [0.717, 1.165) is 36.3 Å². The van der Waals surface area contributed by atoms with Crippen LogP contribution < -0.4 is 5.32 Å². The van der Waals surface area contributed by atoms with Gasteiger partial charge in [0.25, 0.3) is 5.91 Å². The number of fused-ring (bicyclic) bond motifs is 1. The summed E-state index contributed by atoms with van der Waals surface area (Å²) in [5.41, 5.74) is 3.02. The molecule has 0 unspecified atom stereocenters. The number of nitrogens with one attached hydrogen (secondary N) is 1. The van der Waals surface area contributed by atoms with Gasteiger partial charge in [0, 0.05) is 24.0 Å². The molecule has 1 aromatic carbocycles. The van der Waals surface area contributed by atoms with Crippen molar-refractivity contribution in [1.29, 1.82) is 0 Å². The van der Waals surface area contributed by atoms with Crippen molar-refractivity contribution in [3.05, 3.63) is 35.5 Å². The molecule has 0 atom stereocenters. The predicted molar refractivity (Wildman–Crippen MR) is 84.1 cm³/mol. The Kier molecular flexibility index (Phi) is 4.48. The second-order valence-electron chi connectivity index (χ2n) is 5.67. The maximum Gasteiger partial charge on any atom is 0.268 e. The Hall–Kier alpha value is -1.77. The number of para-hydroxylation sites is 1. The van der Waals surface area contributed by atoms with Gasteiger partial charge in [-0.15, -0.1) is 0 Å². The molecular formula is C17H24N2O. The third-order valence-corrected chi connectivity index (χ3v) is 3.76. The van der Waals surface area contributed by atoms with E-state index in [1.807, 2.05) is 19.1 Å². The lowest BCUT2D eigenvalue weighted by atomic mass is 10.1. The van der Waals surface area contributed by atoms with Crippen molar-refractivity contribution in [3.8, 4) is 0 Å². The van der Waals surface area contributed by atoms with E-state index in [9.17, 15) is 4.79 Å². The number of hydrogen-bond acceptors (Lipinski definition) is 1. The molecule has 2 rings (SSSR count). The van der Waals surface area contributed by atoms with Crippen molar-refractivity contribution in [1.82, 2.24) is 9.88 Å². The van der Waals surface area contributed by atoms with Crippen molar-refractivity contribution in [2.75, 3.05) is 6.54 Å². The van der Waals surface area contributed by atoms with E-state index in [0.29, 0.717) is 5.92 Å². The van der Waals surface area contributed by atoms with Gasteiger partial charge in [-0.05, 0) is 37.8 Å². The monoisotopic (exact) mass is 272 g/mol. The van der Waals surface area contributed by atoms with Gasteiger partial charge in [-0.3, -0.25) is 4.79 Å². The SMILES string of the molecule is CCn1c(C(=O)NCCC(C)C)c(C)c2ccccc21. The lowest BCUT2D eigenvalue weighted by Gasteiger charge is -2.10. The van der Waals surface area contributed by atoms with Crippen molar-refractivity contribution < 1.29 is 4.79 Å². The van der Waals surface area contributed by atoms with Crippen molar-refractivity contribution in [3.63, 3.8) is 0 Å². The lowest BCUT2D eigenvalue weighted by Crippen LogP contribution is -2.28. The van der Waals surface area contributed by atoms with Crippen LogP contribution in [-0.2, 0) is 6.54 Å². The number of nitrogens with zero attached hydrogens (tertiary/aromatic N) is 1. The second-order valence-corrected chi connectivity index (χ2v) is 5.67. The number of aryl methyl sites for hydroxylation is 2. The number of hydrogen-bond donors (Lipinski definition) is 1. The van der Waals surface area contributed by atoms with E-state index < -0.39 is 0 Å². The third-order valence-electron chi connectivity index (χ3n) is 3.76. The lowest BCUT2D eigenvalue weighted by molar-refractivity contribution is 0.0942. The molecule has 108 valence electrons. The highest BCUT2D eigenvalue weighted by molar-refractivity contribution is 6.01. The first-order chi connectivity index (χ1) is 9.56. The molecule has 0 radical (unpaired) electrons. The van der Waals surface area contributed by atoms with Gasteiger partial charge in [0.2, 0.25) is 0 Å². The molecule has 0 aliphatic heterocycles. The standard InChI is InChI=1S/C17H24N2O/c1-5-19-15-9-7-6-8-14(15)13(4)16(19)17(20)18-11-10-12(2)3/h6-9,12H,5,10-11H2,1-4H3,(H,18,20). The van der Waals surface area contributed by atoms with Gasteiger partial charge in [-0.1, -0.05) is 32.0 Å². The summed E-state index contributed by atoms with van der Waals surface area (Å²) >= 11 is 0. The summed E-state index contributed by atoms with van der Waals surface area (Å²) in [5, 5.41) is 4.22. The summed E-state index contributed by atoms with van der Waals surface area (Å²) in [6.45, 7) is 9.99. The van der Waals surface area contributed by atoms with Crippen LogP contribution in [0.3, 0.4) is 0 Å². The van der Waals surface area contributed by atoms with Crippen LogP contribution in [-0.4, -0.2) is 17.0 Å². The molecule has 1 heterocycles. The highest BCUT2D eigenvalue weighted by Gasteiger charge is 2.18. The van der Waals surface area contributed by atoms with Crippen molar-refractivity contribution in [2.24, 2.45) is 5.92 Å². The van der Waals surface area contributed by atoms with E-state index in [1.54, 1.807) is 0 Å². The van der Waals surface area contributed by atoms with Crippen LogP contribution >= 0.6 is 0 Å². The Morgan fingerprint density at radius 3 is 2.65 bits per heavy atom.